The summed E-state index contributed by atoms with van der Waals surface area (Å²) in [5, 5.41) is 8.67. The number of benzene rings is 2. The van der Waals surface area contributed by atoms with Crippen LogP contribution in [0.2, 0.25) is 0 Å². The van der Waals surface area contributed by atoms with Crippen LogP contribution in [-0.4, -0.2) is 19.8 Å². The van der Waals surface area contributed by atoms with Crippen LogP contribution in [0, 0.1) is 23.0 Å². The summed E-state index contributed by atoms with van der Waals surface area (Å²) >= 11 is 0. The predicted octanol–water partition coefficient (Wildman–Crippen LogP) is 4.53. The van der Waals surface area contributed by atoms with E-state index in [2.05, 4.69) is 9.72 Å². The Labute approximate surface area is 166 Å². The predicted molar refractivity (Wildman–Crippen MR) is 94.8 cm³/mol. The molecule has 0 atom stereocenters. The monoisotopic (exact) mass is 443 g/mol. The molecule has 3 rings (SSSR count). The largest absolute Gasteiger partial charge is 0.573 e. The van der Waals surface area contributed by atoms with Crippen LogP contribution in [0.1, 0.15) is 5.56 Å². The Hall–Kier alpha value is -3.59. The van der Waals surface area contributed by atoms with Gasteiger partial charge in [0.15, 0.2) is 0 Å². The number of sulfonamides is 1. The Morgan fingerprint density at radius 1 is 1.07 bits per heavy atom. The van der Waals surface area contributed by atoms with E-state index in [-0.39, 0.29) is 11.3 Å². The average molecular weight is 443 g/mol. The molecule has 2 aromatic carbocycles. The van der Waals surface area contributed by atoms with Gasteiger partial charge in [-0.3, -0.25) is 4.72 Å². The number of hydrogen-bond donors (Lipinski definition) is 2. The van der Waals surface area contributed by atoms with Gasteiger partial charge in [-0.1, -0.05) is 12.1 Å². The molecule has 0 bridgehead atoms. The van der Waals surface area contributed by atoms with E-state index >= 15 is 0 Å². The Bertz CT molecular complexity index is 1250. The maximum Gasteiger partial charge on any atom is 0.573 e. The van der Waals surface area contributed by atoms with Crippen molar-refractivity contribution in [2.24, 2.45) is 0 Å². The first-order chi connectivity index (χ1) is 14.0. The molecular weight excluding hydrogens is 433 g/mol. The van der Waals surface area contributed by atoms with Crippen LogP contribution in [0.25, 0.3) is 11.3 Å². The summed E-state index contributed by atoms with van der Waals surface area (Å²) in [5.41, 5.74) is -1.45. The van der Waals surface area contributed by atoms with E-state index in [1.807, 2.05) is 4.72 Å². The fraction of sp³-hybridized carbons (Fsp3) is 0.0556. The highest BCUT2D eigenvalue weighted by Gasteiger charge is 2.32. The molecule has 1 aromatic heterocycles. The number of nitrogens with zero attached hydrogens (tertiary/aromatic N) is 1. The molecule has 156 valence electrons. The second-order valence-electron chi connectivity index (χ2n) is 5.82. The van der Waals surface area contributed by atoms with Gasteiger partial charge in [0, 0.05) is 17.8 Å². The molecule has 3 aromatic rings. The van der Waals surface area contributed by atoms with Crippen LogP contribution in [0.3, 0.4) is 0 Å². The SMILES string of the molecule is N#Cc1cc(F)c(NS(=O)(=O)c2c[nH]c(-c3ccccc3OC(F)(F)F)c2)cc1F. The van der Waals surface area contributed by atoms with E-state index in [0.717, 1.165) is 18.3 Å². The Kier molecular flexibility index (Phi) is 5.41. The smallest absolute Gasteiger partial charge is 0.405 e. The van der Waals surface area contributed by atoms with Crippen LogP contribution in [0.4, 0.5) is 27.6 Å². The third kappa shape index (κ3) is 4.52. The Morgan fingerprint density at radius 3 is 2.43 bits per heavy atom. The number of anilines is 1. The lowest BCUT2D eigenvalue weighted by atomic mass is 10.1. The minimum absolute atomic E-state index is 0.0262. The van der Waals surface area contributed by atoms with Crippen molar-refractivity contribution in [1.29, 1.82) is 5.26 Å². The molecule has 0 spiro atoms. The van der Waals surface area contributed by atoms with Gasteiger partial charge in [-0.25, -0.2) is 17.2 Å². The number of nitrogens with one attached hydrogen (secondary N) is 2. The van der Waals surface area contributed by atoms with Crippen molar-refractivity contribution in [2.75, 3.05) is 4.72 Å². The number of nitriles is 1. The molecule has 30 heavy (non-hydrogen) atoms. The zero-order valence-corrected chi connectivity index (χ0v) is 15.4. The highest BCUT2D eigenvalue weighted by Crippen LogP contribution is 2.34. The van der Waals surface area contributed by atoms with Crippen molar-refractivity contribution < 1.29 is 35.1 Å². The van der Waals surface area contributed by atoms with E-state index in [1.54, 1.807) is 0 Å². The van der Waals surface area contributed by atoms with Crippen molar-refractivity contribution in [3.05, 3.63) is 65.9 Å². The number of alkyl halides is 3. The maximum absolute atomic E-state index is 14.0. The third-order valence-corrected chi connectivity index (χ3v) is 5.14. The first kappa shape index (κ1) is 21.1. The molecular formula is C18H10F5N3O3S. The van der Waals surface area contributed by atoms with E-state index in [9.17, 15) is 30.4 Å². The number of para-hydroxylation sites is 1. The van der Waals surface area contributed by atoms with Crippen LogP contribution in [0.5, 0.6) is 5.75 Å². The van der Waals surface area contributed by atoms with Crippen molar-refractivity contribution in [2.45, 2.75) is 11.3 Å². The summed E-state index contributed by atoms with van der Waals surface area (Å²) in [5.74, 6) is -2.88. The number of aromatic amines is 1. The van der Waals surface area contributed by atoms with Crippen LogP contribution >= 0.6 is 0 Å². The minimum atomic E-state index is -4.96. The van der Waals surface area contributed by atoms with Crippen molar-refractivity contribution in [3.63, 3.8) is 0 Å². The van der Waals surface area contributed by atoms with Crippen LogP contribution in [0.15, 0.2) is 53.6 Å². The first-order valence-electron chi connectivity index (χ1n) is 7.96. The van der Waals surface area contributed by atoms with Gasteiger partial charge in [-0.05, 0) is 24.3 Å². The molecule has 0 unspecified atom stereocenters. The molecule has 1 heterocycles. The highest BCUT2D eigenvalue weighted by molar-refractivity contribution is 7.92. The molecule has 0 radical (unpaired) electrons. The molecule has 0 saturated heterocycles. The van der Waals surface area contributed by atoms with Gasteiger partial charge in [0.1, 0.15) is 28.3 Å². The molecule has 12 heteroatoms. The quantitative estimate of drug-likeness (QED) is 0.567. The fourth-order valence-electron chi connectivity index (χ4n) is 2.50. The maximum atomic E-state index is 14.0. The van der Waals surface area contributed by atoms with E-state index in [0.29, 0.717) is 12.1 Å². The standard InChI is InChI=1S/C18H10F5N3O3S/c19-13-7-16(14(20)5-10(13)8-24)26-30(27,28)11-6-15(25-9-11)12-3-1-2-4-17(12)29-18(21,22)23/h1-7,9,25-26H. The Morgan fingerprint density at radius 2 is 1.77 bits per heavy atom. The molecule has 0 saturated carbocycles. The molecule has 0 fully saturated rings. The summed E-state index contributed by atoms with van der Waals surface area (Å²) in [4.78, 5) is 2.05. The number of aromatic nitrogens is 1. The van der Waals surface area contributed by atoms with Crippen molar-refractivity contribution >= 4 is 15.7 Å². The third-order valence-electron chi connectivity index (χ3n) is 3.79. The Balaban J connectivity index is 1.94. The normalized spacial score (nSPS) is 11.7. The van der Waals surface area contributed by atoms with Gasteiger partial charge in [0.05, 0.1) is 16.9 Å². The van der Waals surface area contributed by atoms with Gasteiger partial charge in [0.25, 0.3) is 10.0 Å². The number of rotatable bonds is 5. The topological polar surface area (TPSA) is 95.0 Å². The molecule has 0 aliphatic rings. The zero-order valence-electron chi connectivity index (χ0n) is 14.6. The number of H-pyrrole nitrogens is 1. The highest BCUT2D eigenvalue weighted by atomic mass is 32.2. The van der Waals surface area contributed by atoms with Gasteiger partial charge in [0.2, 0.25) is 0 Å². The fourth-order valence-corrected chi connectivity index (χ4v) is 3.55. The van der Waals surface area contributed by atoms with Crippen molar-refractivity contribution in [1.82, 2.24) is 4.98 Å². The average Bonchev–Trinajstić information content (AvgIpc) is 3.14. The molecule has 0 aliphatic carbocycles. The summed E-state index contributed by atoms with van der Waals surface area (Å²) < 4.78 is 96.1. The summed E-state index contributed by atoms with van der Waals surface area (Å²) in [6.45, 7) is 0. The lowest BCUT2D eigenvalue weighted by Gasteiger charge is -2.12. The second kappa shape index (κ2) is 7.68. The van der Waals surface area contributed by atoms with E-state index in [1.165, 1.54) is 24.3 Å². The van der Waals surface area contributed by atoms with Gasteiger partial charge in [-0.15, -0.1) is 13.2 Å². The molecule has 0 aliphatic heterocycles. The number of hydrogen-bond acceptors (Lipinski definition) is 4. The summed E-state index contributed by atoms with van der Waals surface area (Å²) in [6.07, 6.45) is -4.00. The zero-order chi connectivity index (χ0) is 22.1. The summed E-state index contributed by atoms with van der Waals surface area (Å²) in [7, 11) is -4.44. The van der Waals surface area contributed by atoms with E-state index in [4.69, 9.17) is 5.26 Å². The van der Waals surface area contributed by atoms with Crippen LogP contribution < -0.4 is 9.46 Å². The van der Waals surface area contributed by atoms with E-state index < -0.39 is 49.9 Å². The second-order valence-corrected chi connectivity index (χ2v) is 7.50. The molecule has 0 amide bonds. The molecule has 2 N–H and O–H groups in total. The summed E-state index contributed by atoms with van der Waals surface area (Å²) in [6, 6.07) is 8.48. The molecule has 6 nitrogen and oxygen atoms in total. The van der Waals surface area contributed by atoms with Gasteiger partial charge in [-0.2, -0.15) is 5.26 Å². The lowest BCUT2D eigenvalue weighted by molar-refractivity contribution is -0.274. The first-order valence-corrected chi connectivity index (χ1v) is 9.44. The number of halogens is 5. The number of ether oxygens (including phenoxy) is 1. The van der Waals surface area contributed by atoms with Crippen LogP contribution in [-0.2, 0) is 10.0 Å². The lowest BCUT2D eigenvalue weighted by Crippen LogP contribution is -2.17. The van der Waals surface area contributed by atoms with Gasteiger partial charge < -0.3 is 9.72 Å². The van der Waals surface area contributed by atoms with Gasteiger partial charge >= 0.3 is 6.36 Å². The minimum Gasteiger partial charge on any atom is -0.405 e. The van der Waals surface area contributed by atoms with Crippen molar-refractivity contribution in [3.8, 4) is 23.1 Å².